The fraction of sp³-hybridized carbons (Fsp3) is 0.667. The van der Waals surface area contributed by atoms with Crippen LogP contribution < -0.4 is 5.73 Å². The number of furan rings is 1. The van der Waals surface area contributed by atoms with Crippen molar-refractivity contribution in [2.45, 2.75) is 43.9 Å². The number of esters is 1. The monoisotopic (exact) mass is 297 g/mol. The van der Waals surface area contributed by atoms with Crippen molar-refractivity contribution in [3.63, 3.8) is 0 Å². The van der Waals surface area contributed by atoms with Gasteiger partial charge in [-0.05, 0) is 36.8 Å². The molecule has 1 saturated carbocycles. The van der Waals surface area contributed by atoms with Crippen LogP contribution in [-0.4, -0.2) is 24.9 Å². The second kappa shape index (κ2) is 6.68. The van der Waals surface area contributed by atoms with E-state index in [1.807, 2.05) is 23.9 Å². The summed E-state index contributed by atoms with van der Waals surface area (Å²) < 4.78 is 10.3. The lowest BCUT2D eigenvalue weighted by atomic mass is 10.1. The van der Waals surface area contributed by atoms with Crippen molar-refractivity contribution >= 4 is 17.7 Å². The predicted octanol–water partition coefficient (Wildman–Crippen LogP) is 3.13. The second-order valence-corrected chi connectivity index (χ2v) is 6.70. The van der Waals surface area contributed by atoms with E-state index in [2.05, 4.69) is 6.92 Å². The molecule has 0 amide bonds. The highest BCUT2D eigenvalue weighted by molar-refractivity contribution is 7.99. The van der Waals surface area contributed by atoms with Gasteiger partial charge in [-0.15, -0.1) is 11.8 Å². The van der Waals surface area contributed by atoms with Gasteiger partial charge in [-0.25, -0.2) is 0 Å². The van der Waals surface area contributed by atoms with Crippen LogP contribution in [0.25, 0.3) is 0 Å². The molecule has 0 bridgehead atoms. The summed E-state index contributed by atoms with van der Waals surface area (Å²) in [5.41, 5.74) is 6.33. The molecule has 2 rings (SSSR count). The summed E-state index contributed by atoms with van der Waals surface area (Å²) in [5, 5.41) is 0.158. The maximum atomic E-state index is 11.5. The number of carbonyl (C=O) groups excluding carboxylic acids is 1. The molecule has 0 spiro atoms. The molecule has 0 aliphatic heterocycles. The molecule has 2 unspecified atom stereocenters. The van der Waals surface area contributed by atoms with Crippen LogP contribution >= 0.6 is 11.8 Å². The van der Waals surface area contributed by atoms with Crippen LogP contribution in [0.5, 0.6) is 0 Å². The molecule has 20 heavy (non-hydrogen) atoms. The van der Waals surface area contributed by atoms with Gasteiger partial charge in [0.1, 0.15) is 5.76 Å². The number of hydrogen-bond donors (Lipinski definition) is 1. The lowest BCUT2D eigenvalue weighted by Crippen LogP contribution is -2.26. The zero-order valence-corrected chi connectivity index (χ0v) is 12.9. The van der Waals surface area contributed by atoms with Crippen LogP contribution in [0.15, 0.2) is 22.8 Å². The Labute approximate surface area is 124 Å². The lowest BCUT2D eigenvalue weighted by molar-refractivity contribution is -0.141. The van der Waals surface area contributed by atoms with Crippen molar-refractivity contribution in [1.82, 2.24) is 0 Å². The van der Waals surface area contributed by atoms with Gasteiger partial charge >= 0.3 is 5.97 Å². The summed E-state index contributed by atoms with van der Waals surface area (Å²) in [7, 11) is 1.45. The Morgan fingerprint density at radius 3 is 2.85 bits per heavy atom. The van der Waals surface area contributed by atoms with Gasteiger partial charge in [0.15, 0.2) is 0 Å². The Kier molecular flexibility index (Phi) is 5.16. The van der Waals surface area contributed by atoms with Crippen LogP contribution in [0.3, 0.4) is 0 Å². The van der Waals surface area contributed by atoms with E-state index >= 15 is 0 Å². The first-order valence-electron chi connectivity index (χ1n) is 7.07. The first kappa shape index (κ1) is 15.4. The van der Waals surface area contributed by atoms with Gasteiger partial charge in [-0.1, -0.05) is 6.92 Å². The fourth-order valence-corrected chi connectivity index (χ4v) is 3.94. The van der Waals surface area contributed by atoms with Crippen molar-refractivity contribution in [3.8, 4) is 0 Å². The normalized spacial score (nSPS) is 19.4. The highest BCUT2D eigenvalue weighted by atomic mass is 32.2. The maximum absolute atomic E-state index is 11.5. The van der Waals surface area contributed by atoms with Crippen LogP contribution in [0.2, 0.25) is 0 Å². The highest BCUT2D eigenvalue weighted by Gasteiger charge is 2.45. The summed E-state index contributed by atoms with van der Waals surface area (Å²) in [6.45, 7) is 2.09. The van der Waals surface area contributed by atoms with Gasteiger partial charge in [-0.2, -0.15) is 0 Å². The molecule has 2 atom stereocenters. The van der Waals surface area contributed by atoms with Gasteiger partial charge in [0, 0.05) is 11.8 Å². The summed E-state index contributed by atoms with van der Waals surface area (Å²) in [6, 6.07) is 3.94. The van der Waals surface area contributed by atoms with E-state index in [1.54, 1.807) is 6.26 Å². The molecular weight excluding hydrogens is 274 g/mol. The Bertz CT molecular complexity index is 428. The highest BCUT2D eigenvalue weighted by Crippen LogP contribution is 2.53. The summed E-state index contributed by atoms with van der Waals surface area (Å²) in [4.78, 5) is 11.5. The topological polar surface area (TPSA) is 65.5 Å². The van der Waals surface area contributed by atoms with Crippen molar-refractivity contribution < 1.29 is 13.9 Å². The van der Waals surface area contributed by atoms with E-state index in [1.165, 1.54) is 7.11 Å². The molecule has 1 fully saturated rings. The average molecular weight is 297 g/mol. The Balaban J connectivity index is 1.94. The second-order valence-electron chi connectivity index (χ2n) is 5.57. The van der Waals surface area contributed by atoms with E-state index in [0.29, 0.717) is 6.42 Å². The number of methoxy groups -OCH3 is 1. The number of carbonyl (C=O) groups is 1. The minimum Gasteiger partial charge on any atom is -0.469 e. The zero-order chi connectivity index (χ0) is 14.6. The largest absolute Gasteiger partial charge is 0.469 e. The first-order valence-corrected chi connectivity index (χ1v) is 8.12. The van der Waals surface area contributed by atoms with Crippen molar-refractivity contribution in [3.05, 3.63) is 24.2 Å². The Morgan fingerprint density at radius 1 is 1.60 bits per heavy atom. The molecule has 1 aromatic heterocycles. The molecule has 2 N–H and O–H groups in total. The molecule has 112 valence electrons. The molecule has 5 heteroatoms. The number of thioether (sulfide) groups is 1. The summed E-state index contributed by atoms with van der Waals surface area (Å²) in [6.07, 6.45) is 5.31. The number of hydrogen-bond acceptors (Lipinski definition) is 5. The van der Waals surface area contributed by atoms with Gasteiger partial charge < -0.3 is 14.9 Å². The smallest absolute Gasteiger partial charge is 0.306 e. The lowest BCUT2D eigenvalue weighted by Gasteiger charge is -2.23. The van der Waals surface area contributed by atoms with E-state index in [9.17, 15) is 4.79 Å². The minimum atomic E-state index is -0.113. The predicted molar refractivity (Wildman–Crippen MR) is 80.5 cm³/mol. The zero-order valence-electron chi connectivity index (χ0n) is 12.1. The number of ether oxygens (including phenoxy) is 1. The van der Waals surface area contributed by atoms with Crippen LogP contribution in [0.1, 0.15) is 43.6 Å². The molecule has 0 radical (unpaired) electrons. The molecule has 1 aromatic rings. The Hall–Kier alpha value is -0.940. The molecule has 4 nitrogen and oxygen atoms in total. The van der Waals surface area contributed by atoms with Crippen molar-refractivity contribution in [1.29, 1.82) is 0 Å². The van der Waals surface area contributed by atoms with E-state index < -0.39 is 0 Å². The third kappa shape index (κ3) is 3.79. The van der Waals surface area contributed by atoms with Gasteiger partial charge in [-0.3, -0.25) is 4.79 Å². The van der Waals surface area contributed by atoms with E-state index in [-0.39, 0.29) is 22.7 Å². The fourth-order valence-electron chi connectivity index (χ4n) is 2.28. The van der Waals surface area contributed by atoms with Gasteiger partial charge in [0.05, 0.1) is 25.0 Å². The molecule has 1 aliphatic carbocycles. The van der Waals surface area contributed by atoms with Crippen molar-refractivity contribution in [2.24, 2.45) is 11.1 Å². The maximum Gasteiger partial charge on any atom is 0.306 e. The quantitative estimate of drug-likeness (QED) is 0.747. The Morgan fingerprint density at radius 2 is 2.35 bits per heavy atom. The molecule has 0 aromatic carbocycles. The molecule has 1 heterocycles. The van der Waals surface area contributed by atoms with Crippen LogP contribution in [0, 0.1) is 5.41 Å². The minimum absolute atomic E-state index is 0.0695. The molecule has 1 aliphatic rings. The summed E-state index contributed by atoms with van der Waals surface area (Å²) in [5.74, 6) is 1.75. The third-order valence-corrected chi connectivity index (χ3v) is 5.68. The number of rotatable bonds is 8. The molecule has 0 saturated heterocycles. The average Bonchev–Trinajstić information content (AvgIpc) is 3.00. The SMILES string of the molecule is CCC(N)C(SCC1(CC(=O)OC)CC1)c1ccco1. The first-order chi connectivity index (χ1) is 9.60. The van der Waals surface area contributed by atoms with Gasteiger partial charge in [0.2, 0.25) is 0 Å². The van der Waals surface area contributed by atoms with Gasteiger partial charge in [0.25, 0.3) is 0 Å². The number of nitrogens with two attached hydrogens (primary N) is 1. The van der Waals surface area contributed by atoms with E-state index in [0.717, 1.165) is 30.8 Å². The standard InChI is InChI=1S/C15H23NO3S/c1-3-11(16)14(12-5-4-8-19-12)20-10-15(6-7-15)9-13(17)18-2/h4-5,8,11,14H,3,6-7,9-10,16H2,1-2H3. The molecular formula is C15H23NO3S. The summed E-state index contributed by atoms with van der Waals surface area (Å²) >= 11 is 1.81. The van der Waals surface area contributed by atoms with Crippen LogP contribution in [-0.2, 0) is 9.53 Å². The van der Waals surface area contributed by atoms with E-state index in [4.69, 9.17) is 14.9 Å². The van der Waals surface area contributed by atoms with Crippen LogP contribution in [0.4, 0.5) is 0 Å². The van der Waals surface area contributed by atoms with Crippen molar-refractivity contribution in [2.75, 3.05) is 12.9 Å². The third-order valence-electron chi connectivity index (χ3n) is 3.96.